The molecule has 4 aromatic carbocycles. The SMILES string of the molecule is CCC(O)(C#Cc1ccc(C(CC)(CC)c2ccc(O)c(C)c2)cc1C)CC.CCC(O)(C#Cc1ccc(C(CC)(CC)c2ccc(OS(=O)(=O)C(F)(F)F)c(C)c2)cc1C)CC. The summed E-state index contributed by atoms with van der Waals surface area (Å²) in [7, 11) is -5.75. The minimum Gasteiger partial charge on any atom is -0.508 e. The number of phenols is 1. The summed E-state index contributed by atoms with van der Waals surface area (Å²) in [5, 5.41) is 30.8. The second-order valence-electron chi connectivity index (χ2n) is 16.6. The third-order valence-electron chi connectivity index (χ3n) is 13.1. The van der Waals surface area contributed by atoms with Crippen LogP contribution in [0.4, 0.5) is 13.2 Å². The first-order chi connectivity index (χ1) is 29.4. The maximum Gasteiger partial charge on any atom is 0.534 e. The van der Waals surface area contributed by atoms with Crippen molar-refractivity contribution in [1.82, 2.24) is 0 Å². The summed E-state index contributed by atoms with van der Waals surface area (Å²) in [4.78, 5) is 0. The molecule has 0 heterocycles. The van der Waals surface area contributed by atoms with Crippen molar-refractivity contribution in [2.24, 2.45) is 0 Å². The third-order valence-corrected chi connectivity index (χ3v) is 14.1. The van der Waals surface area contributed by atoms with E-state index >= 15 is 0 Å². The van der Waals surface area contributed by atoms with Crippen LogP contribution in [0.5, 0.6) is 11.5 Å². The molecule has 0 spiro atoms. The van der Waals surface area contributed by atoms with Crippen LogP contribution in [0.15, 0.2) is 72.8 Å². The van der Waals surface area contributed by atoms with E-state index in [1.165, 1.54) is 24.1 Å². The maximum atomic E-state index is 12.7. The van der Waals surface area contributed by atoms with Gasteiger partial charge in [-0.2, -0.15) is 21.6 Å². The number of phenolic OH excluding ortho intramolecular Hbond substituents is 1. The Hall–Kier alpha value is -4.74. The first-order valence-corrected chi connectivity index (χ1v) is 23.5. The van der Waals surface area contributed by atoms with Gasteiger partial charge < -0.3 is 19.5 Å². The minimum atomic E-state index is -5.75. The highest BCUT2D eigenvalue weighted by atomic mass is 32.2. The number of aliphatic hydroxyl groups is 2. The van der Waals surface area contributed by atoms with Crippen molar-refractivity contribution in [3.05, 3.63) is 128 Å². The molecule has 0 radical (unpaired) electrons. The Morgan fingerprint density at radius 3 is 1.14 bits per heavy atom. The van der Waals surface area contributed by atoms with E-state index in [-0.39, 0.29) is 11.2 Å². The zero-order valence-electron chi connectivity index (χ0n) is 39.2. The van der Waals surface area contributed by atoms with Gasteiger partial charge in [0.15, 0.2) is 0 Å². The summed E-state index contributed by atoms with van der Waals surface area (Å²) in [6.07, 6.45) is 5.69. The molecule has 4 rings (SSSR count). The Bertz CT molecular complexity index is 2430. The van der Waals surface area contributed by atoms with Crippen LogP contribution in [0.25, 0.3) is 0 Å². The van der Waals surface area contributed by atoms with Crippen LogP contribution in [0.1, 0.15) is 162 Å². The Morgan fingerprint density at radius 1 is 0.508 bits per heavy atom. The van der Waals surface area contributed by atoms with Crippen LogP contribution in [0.3, 0.4) is 0 Å². The van der Waals surface area contributed by atoms with Crippen LogP contribution in [-0.2, 0) is 20.9 Å². The molecule has 0 unspecified atom stereocenters. The van der Waals surface area contributed by atoms with Gasteiger partial charge >= 0.3 is 15.6 Å². The van der Waals surface area contributed by atoms with E-state index < -0.39 is 32.2 Å². The molecule has 0 aliphatic carbocycles. The Balaban J connectivity index is 0.000000344. The highest BCUT2D eigenvalue weighted by Gasteiger charge is 2.49. The standard InChI is InChI=1S/C27H33F3O4S.C26H34O2/c1-7-25(31,8-2)16-15-21-11-12-22(17-19(21)5)26(9-3,10-4)23-13-14-24(20(6)18-23)34-35(32,33)27(28,29)30;1-7-25(28,8-2)16-15-21-11-12-22(17-19(21)5)26(9-3,10-4)23-13-14-24(27)20(6)18-23/h11-14,17-18,31H,7-10H2,1-6H3;11-14,17-18,27-28H,7-10H2,1-6H3. The zero-order valence-corrected chi connectivity index (χ0v) is 40.0. The summed E-state index contributed by atoms with van der Waals surface area (Å²) in [6.45, 7) is 23.7. The fourth-order valence-electron chi connectivity index (χ4n) is 8.05. The van der Waals surface area contributed by atoms with Gasteiger partial charge in [0, 0.05) is 22.0 Å². The van der Waals surface area contributed by atoms with E-state index in [0.29, 0.717) is 49.8 Å². The van der Waals surface area contributed by atoms with Crippen LogP contribution >= 0.6 is 0 Å². The van der Waals surface area contributed by atoms with Crippen LogP contribution in [-0.4, -0.2) is 40.4 Å². The molecule has 10 heteroatoms. The lowest BCUT2D eigenvalue weighted by molar-refractivity contribution is -0.0500. The molecule has 0 atom stereocenters. The highest BCUT2D eigenvalue weighted by Crippen LogP contribution is 2.43. The first kappa shape index (κ1) is 52.6. The molecular formula is C53H67F3O6S. The van der Waals surface area contributed by atoms with Gasteiger partial charge in [-0.05, 0) is 148 Å². The summed E-state index contributed by atoms with van der Waals surface area (Å²) >= 11 is 0. The summed E-state index contributed by atoms with van der Waals surface area (Å²) in [5.74, 6) is 12.3. The van der Waals surface area contributed by atoms with E-state index in [4.69, 9.17) is 0 Å². The van der Waals surface area contributed by atoms with Crippen molar-refractivity contribution < 1.29 is 41.1 Å². The molecule has 342 valence electrons. The molecular weight excluding hydrogens is 822 g/mol. The molecule has 0 aromatic heterocycles. The Kier molecular flexibility index (Phi) is 17.8. The zero-order chi connectivity index (χ0) is 47.6. The molecule has 0 fully saturated rings. The predicted molar refractivity (Wildman–Crippen MR) is 250 cm³/mol. The molecule has 3 N–H and O–H groups in total. The van der Waals surface area contributed by atoms with Crippen molar-refractivity contribution in [3.8, 4) is 35.2 Å². The number of benzene rings is 4. The number of hydrogen-bond acceptors (Lipinski definition) is 6. The molecule has 0 saturated heterocycles. The van der Waals surface area contributed by atoms with Crippen molar-refractivity contribution in [1.29, 1.82) is 0 Å². The van der Waals surface area contributed by atoms with Gasteiger partial charge in [0.2, 0.25) is 0 Å². The van der Waals surface area contributed by atoms with Crippen LogP contribution in [0, 0.1) is 51.4 Å². The van der Waals surface area contributed by atoms with Crippen molar-refractivity contribution in [2.45, 2.75) is 162 Å². The quantitative estimate of drug-likeness (QED) is 0.0662. The molecule has 0 amide bonds. The van der Waals surface area contributed by atoms with Gasteiger partial charge in [0.25, 0.3) is 0 Å². The molecule has 6 nitrogen and oxygen atoms in total. The summed E-state index contributed by atoms with van der Waals surface area (Å²) < 4.78 is 65.5. The van der Waals surface area contributed by atoms with Crippen molar-refractivity contribution in [3.63, 3.8) is 0 Å². The number of aryl methyl sites for hydroxylation is 4. The van der Waals surface area contributed by atoms with E-state index in [9.17, 15) is 36.9 Å². The number of hydrogen-bond donors (Lipinski definition) is 3. The molecule has 0 aliphatic heterocycles. The normalized spacial score (nSPS) is 12.3. The second-order valence-corrected chi connectivity index (χ2v) is 18.1. The molecule has 4 aromatic rings. The van der Waals surface area contributed by atoms with Crippen molar-refractivity contribution in [2.75, 3.05) is 0 Å². The lowest BCUT2D eigenvalue weighted by atomic mass is 9.70. The van der Waals surface area contributed by atoms with Crippen LogP contribution in [0.2, 0.25) is 0 Å². The first-order valence-electron chi connectivity index (χ1n) is 22.1. The smallest absolute Gasteiger partial charge is 0.508 e. The van der Waals surface area contributed by atoms with Crippen LogP contribution < -0.4 is 4.18 Å². The number of halogens is 3. The third kappa shape index (κ3) is 11.9. The fraction of sp³-hybridized carbons (Fsp3) is 0.472. The topological polar surface area (TPSA) is 104 Å². The number of rotatable bonds is 14. The largest absolute Gasteiger partial charge is 0.534 e. The number of aromatic hydroxyl groups is 1. The summed E-state index contributed by atoms with van der Waals surface area (Å²) in [5.41, 5.74) is 1.44. The lowest BCUT2D eigenvalue weighted by Gasteiger charge is -2.34. The average Bonchev–Trinajstić information content (AvgIpc) is 3.26. The average molecular weight is 889 g/mol. The van der Waals surface area contributed by atoms with Gasteiger partial charge in [-0.1, -0.05) is 128 Å². The van der Waals surface area contributed by atoms with E-state index in [1.807, 2.05) is 79.7 Å². The van der Waals surface area contributed by atoms with Gasteiger partial charge in [-0.3, -0.25) is 0 Å². The highest BCUT2D eigenvalue weighted by molar-refractivity contribution is 7.88. The van der Waals surface area contributed by atoms with E-state index in [2.05, 4.69) is 72.9 Å². The van der Waals surface area contributed by atoms with Gasteiger partial charge in [0.05, 0.1) is 0 Å². The second kappa shape index (κ2) is 21.3. The van der Waals surface area contributed by atoms with Gasteiger partial charge in [-0.15, -0.1) is 0 Å². The molecule has 0 aliphatic rings. The molecule has 0 bridgehead atoms. The maximum absolute atomic E-state index is 12.7. The fourth-order valence-corrected chi connectivity index (χ4v) is 8.57. The lowest BCUT2D eigenvalue weighted by Crippen LogP contribution is -2.29. The molecule has 63 heavy (non-hydrogen) atoms. The minimum absolute atomic E-state index is 0.0945. The van der Waals surface area contributed by atoms with E-state index in [1.54, 1.807) is 18.2 Å². The summed E-state index contributed by atoms with van der Waals surface area (Å²) in [6, 6.07) is 22.9. The monoisotopic (exact) mass is 888 g/mol. The predicted octanol–water partition coefficient (Wildman–Crippen LogP) is 12.6. The number of alkyl halides is 3. The Labute approximate surface area is 375 Å². The van der Waals surface area contributed by atoms with E-state index in [0.717, 1.165) is 51.8 Å². The van der Waals surface area contributed by atoms with Gasteiger partial charge in [0.1, 0.15) is 22.7 Å². The van der Waals surface area contributed by atoms with Crippen molar-refractivity contribution >= 4 is 10.1 Å². The van der Waals surface area contributed by atoms with Gasteiger partial charge in [-0.25, -0.2) is 0 Å². The Morgan fingerprint density at radius 2 is 0.841 bits per heavy atom. The molecule has 0 saturated carbocycles.